The van der Waals surface area contributed by atoms with Crippen LogP contribution in [-0.4, -0.2) is 25.0 Å². The maximum Gasteiger partial charge on any atom is 0.325 e. The van der Waals surface area contributed by atoms with Crippen molar-refractivity contribution in [2.45, 2.75) is 26.7 Å². The highest BCUT2D eigenvalue weighted by atomic mass is 16.5. The molecule has 0 spiro atoms. The van der Waals surface area contributed by atoms with Crippen molar-refractivity contribution < 1.29 is 14.3 Å². The van der Waals surface area contributed by atoms with Gasteiger partial charge in [0, 0.05) is 5.56 Å². The van der Waals surface area contributed by atoms with E-state index < -0.39 is 5.97 Å². The molecule has 0 heterocycles. The molecule has 0 aliphatic heterocycles. The van der Waals surface area contributed by atoms with Gasteiger partial charge in [-0.15, -0.1) is 0 Å². The minimum atomic E-state index is -0.407. The van der Waals surface area contributed by atoms with Gasteiger partial charge in [0.05, 0.1) is 6.61 Å². The quantitative estimate of drug-likeness (QED) is 0.784. The van der Waals surface area contributed by atoms with Gasteiger partial charge in [-0.3, -0.25) is 9.59 Å². The van der Waals surface area contributed by atoms with E-state index in [1.807, 2.05) is 19.1 Å². The second-order valence-electron chi connectivity index (χ2n) is 3.95. The SMILES string of the molecule is CCCOC(=O)CNC(=O)c1ccc(CC)cc1. The number of nitrogens with one attached hydrogen (secondary N) is 1. The molecule has 0 aromatic heterocycles. The molecular weight excluding hydrogens is 230 g/mol. The third-order valence-corrected chi connectivity index (χ3v) is 2.48. The van der Waals surface area contributed by atoms with E-state index in [1.54, 1.807) is 12.1 Å². The fraction of sp³-hybridized carbons (Fsp3) is 0.429. The van der Waals surface area contributed by atoms with E-state index >= 15 is 0 Å². The molecule has 0 aliphatic carbocycles. The molecule has 0 bridgehead atoms. The van der Waals surface area contributed by atoms with Crippen LogP contribution in [0.1, 0.15) is 36.2 Å². The van der Waals surface area contributed by atoms with Crippen molar-refractivity contribution in [3.8, 4) is 0 Å². The molecule has 0 atom stereocenters. The van der Waals surface area contributed by atoms with Crippen LogP contribution in [0.15, 0.2) is 24.3 Å². The number of benzene rings is 1. The van der Waals surface area contributed by atoms with E-state index in [-0.39, 0.29) is 12.5 Å². The van der Waals surface area contributed by atoms with Gasteiger partial charge < -0.3 is 10.1 Å². The van der Waals surface area contributed by atoms with Crippen LogP contribution in [0.2, 0.25) is 0 Å². The van der Waals surface area contributed by atoms with Gasteiger partial charge in [0.1, 0.15) is 6.54 Å². The van der Waals surface area contributed by atoms with Crippen molar-refractivity contribution in [3.05, 3.63) is 35.4 Å². The molecule has 1 rings (SSSR count). The summed E-state index contributed by atoms with van der Waals surface area (Å²) in [5.41, 5.74) is 1.73. The zero-order valence-electron chi connectivity index (χ0n) is 10.9. The number of esters is 1. The average Bonchev–Trinajstić information content (AvgIpc) is 2.42. The molecule has 0 saturated carbocycles. The zero-order valence-corrected chi connectivity index (χ0v) is 10.9. The largest absolute Gasteiger partial charge is 0.464 e. The standard InChI is InChI=1S/C14H19NO3/c1-3-9-18-13(16)10-15-14(17)12-7-5-11(4-2)6-8-12/h5-8H,3-4,9-10H2,1-2H3,(H,15,17). The average molecular weight is 249 g/mol. The number of aryl methyl sites for hydroxylation is 1. The van der Waals surface area contributed by atoms with Crippen LogP contribution in [0.4, 0.5) is 0 Å². The van der Waals surface area contributed by atoms with E-state index in [1.165, 1.54) is 5.56 Å². The summed E-state index contributed by atoms with van der Waals surface area (Å²) < 4.78 is 4.86. The lowest BCUT2D eigenvalue weighted by atomic mass is 10.1. The second-order valence-corrected chi connectivity index (χ2v) is 3.95. The van der Waals surface area contributed by atoms with E-state index in [4.69, 9.17) is 4.74 Å². The summed E-state index contributed by atoms with van der Waals surface area (Å²) >= 11 is 0. The van der Waals surface area contributed by atoms with Crippen LogP contribution >= 0.6 is 0 Å². The first-order valence-electron chi connectivity index (χ1n) is 6.20. The Kier molecular flexibility index (Phi) is 5.91. The van der Waals surface area contributed by atoms with Gasteiger partial charge >= 0.3 is 5.97 Å². The molecule has 0 aliphatic rings. The topological polar surface area (TPSA) is 55.4 Å². The maximum absolute atomic E-state index is 11.7. The van der Waals surface area contributed by atoms with Crippen molar-refractivity contribution in [2.24, 2.45) is 0 Å². The summed E-state index contributed by atoms with van der Waals surface area (Å²) in [6.45, 7) is 4.27. The Morgan fingerprint density at radius 2 is 1.83 bits per heavy atom. The smallest absolute Gasteiger partial charge is 0.325 e. The number of carbonyl (C=O) groups is 2. The van der Waals surface area contributed by atoms with Crippen LogP contribution in [0.25, 0.3) is 0 Å². The van der Waals surface area contributed by atoms with E-state index in [9.17, 15) is 9.59 Å². The van der Waals surface area contributed by atoms with Crippen LogP contribution in [-0.2, 0) is 16.0 Å². The van der Waals surface area contributed by atoms with E-state index in [2.05, 4.69) is 12.2 Å². The fourth-order valence-corrected chi connectivity index (χ4v) is 1.41. The molecule has 0 unspecified atom stereocenters. The highest BCUT2D eigenvalue weighted by Gasteiger charge is 2.08. The number of amides is 1. The Morgan fingerprint density at radius 3 is 2.39 bits per heavy atom. The molecule has 4 heteroatoms. The summed E-state index contributed by atoms with van der Waals surface area (Å²) in [6, 6.07) is 7.33. The monoisotopic (exact) mass is 249 g/mol. The fourth-order valence-electron chi connectivity index (χ4n) is 1.41. The minimum Gasteiger partial charge on any atom is -0.464 e. The van der Waals surface area contributed by atoms with Gasteiger partial charge in [-0.05, 0) is 30.5 Å². The minimum absolute atomic E-state index is 0.0889. The predicted molar refractivity (Wildman–Crippen MR) is 69.4 cm³/mol. The number of hydrogen-bond donors (Lipinski definition) is 1. The molecule has 1 amide bonds. The molecule has 98 valence electrons. The maximum atomic E-state index is 11.7. The summed E-state index contributed by atoms with van der Waals surface area (Å²) in [5, 5.41) is 2.53. The van der Waals surface area contributed by atoms with Crippen molar-refractivity contribution in [1.82, 2.24) is 5.32 Å². The molecule has 1 aromatic carbocycles. The van der Waals surface area contributed by atoms with E-state index in [0.717, 1.165) is 12.8 Å². The molecule has 1 aromatic rings. The number of carbonyl (C=O) groups excluding carboxylic acids is 2. The number of hydrogen-bond acceptors (Lipinski definition) is 3. The van der Waals surface area contributed by atoms with Gasteiger partial charge in [-0.1, -0.05) is 26.0 Å². The first-order valence-corrected chi connectivity index (χ1v) is 6.20. The predicted octanol–water partition coefficient (Wildman–Crippen LogP) is 1.93. The molecule has 0 saturated heterocycles. The van der Waals surface area contributed by atoms with Gasteiger partial charge in [0.25, 0.3) is 5.91 Å². The van der Waals surface area contributed by atoms with Crippen molar-refractivity contribution in [1.29, 1.82) is 0 Å². The Morgan fingerprint density at radius 1 is 1.17 bits per heavy atom. The molecular formula is C14H19NO3. The van der Waals surface area contributed by atoms with Crippen molar-refractivity contribution in [2.75, 3.05) is 13.2 Å². The van der Waals surface area contributed by atoms with Crippen LogP contribution < -0.4 is 5.32 Å². The summed E-state index contributed by atoms with van der Waals surface area (Å²) in [7, 11) is 0. The first-order chi connectivity index (χ1) is 8.67. The Hall–Kier alpha value is -1.84. The van der Waals surface area contributed by atoms with Crippen molar-refractivity contribution in [3.63, 3.8) is 0 Å². The first kappa shape index (κ1) is 14.2. The van der Waals surface area contributed by atoms with E-state index in [0.29, 0.717) is 12.2 Å². The van der Waals surface area contributed by atoms with Crippen molar-refractivity contribution >= 4 is 11.9 Å². The number of rotatable bonds is 6. The van der Waals surface area contributed by atoms with Gasteiger partial charge in [-0.25, -0.2) is 0 Å². The second kappa shape index (κ2) is 7.48. The highest BCUT2D eigenvalue weighted by Crippen LogP contribution is 2.04. The Bertz CT molecular complexity index is 398. The third-order valence-electron chi connectivity index (χ3n) is 2.48. The number of ether oxygens (including phenoxy) is 1. The highest BCUT2D eigenvalue weighted by molar-refractivity contribution is 5.95. The Balaban J connectivity index is 2.42. The lowest BCUT2D eigenvalue weighted by Gasteiger charge is -2.06. The normalized spacial score (nSPS) is 9.89. The van der Waals surface area contributed by atoms with Gasteiger partial charge in [0.2, 0.25) is 0 Å². The van der Waals surface area contributed by atoms with Gasteiger partial charge in [-0.2, -0.15) is 0 Å². The lowest BCUT2D eigenvalue weighted by molar-refractivity contribution is -0.142. The molecule has 0 radical (unpaired) electrons. The third kappa shape index (κ3) is 4.57. The lowest BCUT2D eigenvalue weighted by Crippen LogP contribution is -2.30. The van der Waals surface area contributed by atoms with Gasteiger partial charge in [0.15, 0.2) is 0 Å². The summed E-state index contributed by atoms with van der Waals surface area (Å²) in [6.07, 6.45) is 1.71. The van der Waals surface area contributed by atoms with Crippen LogP contribution in [0.5, 0.6) is 0 Å². The molecule has 4 nitrogen and oxygen atoms in total. The molecule has 1 N–H and O–H groups in total. The zero-order chi connectivity index (χ0) is 13.4. The summed E-state index contributed by atoms with van der Waals surface area (Å²) in [5.74, 6) is -0.665. The molecule has 0 fully saturated rings. The summed E-state index contributed by atoms with van der Waals surface area (Å²) in [4.78, 5) is 22.9. The van der Waals surface area contributed by atoms with Crippen LogP contribution in [0.3, 0.4) is 0 Å². The molecule has 18 heavy (non-hydrogen) atoms. The Labute approximate surface area is 107 Å². The van der Waals surface area contributed by atoms with Crippen LogP contribution in [0, 0.1) is 0 Å².